The van der Waals surface area contributed by atoms with E-state index in [2.05, 4.69) is 15.3 Å². The first-order valence-electron chi connectivity index (χ1n) is 6.84. The number of aromatic nitrogens is 2. The molecule has 0 saturated heterocycles. The summed E-state index contributed by atoms with van der Waals surface area (Å²) in [4.78, 5) is 8.91. The zero-order valence-electron chi connectivity index (χ0n) is 11.0. The van der Waals surface area contributed by atoms with Gasteiger partial charge in [0, 0.05) is 17.8 Å². The molecule has 1 aliphatic carbocycles. The third-order valence-electron chi connectivity index (χ3n) is 3.50. The molecule has 0 spiro atoms. The van der Waals surface area contributed by atoms with Gasteiger partial charge in [-0.15, -0.1) is 0 Å². The second kappa shape index (κ2) is 4.76. The molecular weight excluding hydrogens is 254 g/mol. The molecule has 1 aliphatic heterocycles. The third-order valence-corrected chi connectivity index (χ3v) is 3.50. The van der Waals surface area contributed by atoms with Crippen molar-refractivity contribution < 1.29 is 9.47 Å². The third kappa shape index (κ3) is 2.32. The van der Waals surface area contributed by atoms with Gasteiger partial charge in [-0.05, 0) is 37.1 Å². The van der Waals surface area contributed by atoms with Crippen molar-refractivity contribution in [1.29, 1.82) is 0 Å². The first kappa shape index (κ1) is 11.7. The van der Waals surface area contributed by atoms with Crippen LogP contribution in [0.15, 0.2) is 30.5 Å². The summed E-state index contributed by atoms with van der Waals surface area (Å²) in [6, 6.07) is 8.45. The number of hydrogen-bond acceptors (Lipinski definition) is 5. The van der Waals surface area contributed by atoms with Crippen LogP contribution in [0, 0.1) is 0 Å². The largest absolute Gasteiger partial charge is 0.454 e. The quantitative estimate of drug-likeness (QED) is 0.921. The summed E-state index contributed by atoms with van der Waals surface area (Å²) >= 11 is 0. The second-order valence-electron chi connectivity index (χ2n) is 5.08. The van der Waals surface area contributed by atoms with Gasteiger partial charge >= 0.3 is 0 Å². The average Bonchev–Trinajstić information content (AvgIpc) is 3.20. The fourth-order valence-electron chi connectivity index (χ4n) is 2.22. The fourth-order valence-corrected chi connectivity index (χ4v) is 2.22. The second-order valence-corrected chi connectivity index (χ2v) is 5.08. The fraction of sp³-hybridized carbons (Fsp3) is 0.333. The van der Waals surface area contributed by atoms with Crippen molar-refractivity contribution in [2.24, 2.45) is 0 Å². The van der Waals surface area contributed by atoms with Crippen LogP contribution in [0.3, 0.4) is 0 Å². The molecule has 20 heavy (non-hydrogen) atoms. The number of ether oxygens (including phenoxy) is 2. The summed E-state index contributed by atoms with van der Waals surface area (Å²) in [5.74, 6) is 2.39. The van der Waals surface area contributed by atoms with E-state index in [-0.39, 0.29) is 0 Å². The minimum Gasteiger partial charge on any atom is -0.454 e. The SMILES string of the molecule is c1cc(-c2ccc3c(c2)OCO3)nc(CNC2CC2)n1. The van der Waals surface area contributed by atoms with Gasteiger partial charge in [-0.3, -0.25) is 0 Å². The topological polar surface area (TPSA) is 56.3 Å². The minimum atomic E-state index is 0.291. The van der Waals surface area contributed by atoms with Gasteiger partial charge < -0.3 is 14.8 Å². The number of nitrogens with one attached hydrogen (secondary N) is 1. The molecule has 2 aromatic rings. The summed E-state index contributed by atoms with van der Waals surface area (Å²) in [7, 11) is 0. The lowest BCUT2D eigenvalue weighted by molar-refractivity contribution is 0.174. The Bertz CT molecular complexity index is 641. The van der Waals surface area contributed by atoms with Crippen LogP contribution in [0.5, 0.6) is 11.5 Å². The van der Waals surface area contributed by atoms with E-state index in [1.165, 1.54) is 12.8 Å². The van der Waals surface area contributed by atoms with E-state index in [1.54, 1.807) is 6.20 Å². The molecule has 0 radical (unpaired) electrons. The van der Waals surface area contributed by atoms with Crippen molar-refractivity contribution in [1.82, 2.24) is 15.3 Å². The van der Waals surface area contributed by atoms with Crippen molar-refractivity contribution >= 4 is 0 Å². The Kier molecular flexibility index (Phi) is 2.77. The van der Waals surface area contributed by atoms with Crippen LogP contribution < -0.4 is 14.8 Å². The minimum absolute atomic E-state index is 0.291. The summed E-state index contributed by atoms with van der Waals surface area (Å²) in [5, 5.41) is 3.42. The molecule has 0 unspecified atom stereocenters. The van der Waals surface area contributed by atoms with Gasteiger partial charge in [-0.2, -0.15) is 0 Å². The zero-order chi connectivity index (χ0) is 13.4. The number of nitrogens with zero attached hydrogens (tertiary/aromatic N) is 2. The lowest BCUT2D eigenvalue weighted by Crippen LogP contribution is -2.17. The van der Waals surface area contributed by atoms with Gasteiger partial charge in [0.05, 0.1) is 12.2 Å². The van der Waals surface area contributed by atoms with Crippen LogP contribution in [0.2, 0.25) is 0 Å². The van der Waals surface area contributed by atoms with E-state index in [1.807, 2.05) is 24.3 Å². The molecule has 0 atom stereocenters. The standard InChI is InChI=1S/C15H15N3O2/c1-4-13-14(20-9-19-13)7-10(1)12-5-6-16-15(18-12)8-17-11-2-3-11/h1,4-7,11,17H,2-3,8-9H2. The van der Waals surface area contributed by atoms with Crippen LogP contribution in [-0.2, 0) is 6.54 Å². The highest BCUT2D eigenvalue weighted by Crippen LogP contribution is 2.35. The molecular formula is C15H15N3O2. The molecule has 1 aromatic carbocycles. The molecule has 2 aliphatic rings. The Morgan fingerprint density at radius 3 is 2.95 bits per heavy atom. The van der Waals surface area contributed by atoms with Crippen LogP contribution in [0.4, 0.5) is 0 Å². The maximum absolute atomic E-state index is 5.40. The lowest BCUT2D eigenvalue weighted by Gasteiger charge is -2.05. The van der Waals surface area contributed by atoms with E-state index >= 15 is 0 Å². The van der Waals surface area contributed by atoms with E-state index in [0.717, 1.165) is 35.1 Å². The summed E-state index contributed by atoms with van der Waals surface area (Å²) in [5.41, 5.74) is 1.93. The number of fused-ring (bicyclic) bond motifs is 1. The molecule has 2 heterocycles. The van der Waals surface area contributed by atoms with Gasteiger partial charge in [-0.25, -0.2) is 9.97 Å². The highest BCUT2D eigenvalue weighted by atomic mass is 16.7. The van der Waals surface area contributed by atoms with Crippen LogP contribution in [0.1, 0.15) is 18.7 Å². The molecule has 0 amide bonds. The predicted octanol–water partition coefficient (Wildman–Crippen LogP) is 2.12. The Hall–Kier alpha value is -2.14. The van der Waals surface area contributed by atoms with Gasteiger partial charge in [0.15, 0.2) is 11.5 Å². The molecule has 1 saturated carbocycles. The van der Waals surface area contributed by atoms with Gasteiger partial charge in [0.1, 0.15) is 5.82 Å². The van der Waals surface area contributed by atoms with Gasteiger partial charge in [0.2, 0.25) is 6.79 Å². The van der Waals surface area contributed by atoms with E-state index < -0.39 is 0 Å². The van der Waals surface area contributed by atoms with E-state index in [4.69, 9.17) is 9.47 Å². The zero-order valence-corrected chi connectivity index (χ0v) is 11.0. The number of hydrogen-bond donors (Lipinski definition) is 1. The van der Waals surface area contributed by atoms with Crippen molar-refractivity contribution in [3.8, 4) is 22.8 Å². The van der Waals surface area contributed by atoms with Crippen molar-refractivity contribution in [2.75, 3.05) is 6.79 Å². The smallest absolute Gasteiger partial charge is 0.231 e. The first-order chi connectivity index (χ1) is 9.88. The molecule has 1 aromatic heterocycles. The average molecular weight is 269 g/mol. The van der Waals surface area contributed by atoms with Crippen LogP contribution in [-0.4, -0.2) is 22.8 Å². The van der Waals surface area contributed by atoms with Crippen molar-refractivity contribution in [2.45, 2.75) is 25.4 Å². The van der Waals surface area contributed by atoms with Crippen molar-refractivity contribution in [3.05, 3.63) is 36.3 Å². The number of benzene rings is 1. The monoisotopic (exact) mass is 269 g/mol. The Morgan fingerprint density at radius 2 is 2.05 bits per heavy atom. The number of rotatable bonds is 4. The highest BCUT2D eigenvalue weighted by Gasteiger charge is 2.20. The predicted molar refractivity (Wildman–Crippen MR) is 73.5 cm³/mol. The van der Waals surface area contributed by atoms with Crippen LogP contribution >= 0.6 is 0 Å². The molecule has 5 nitrogen and oxygen atoms in total. The first-order valence-corrected chi connectivity index (χ1v) is 6.84. The molecule has 4 rings (SSSR count). The Balaban J connectivity index is 1.58. The summed E-state index contributed by atoms with van der Waals surface area (Å²) < 4.78 is 10.7. The summed E-state index contributed by atoms with van der Waals surface area (Å²) in [6.45, 7) is 1.02. The maximum Gasteiger partial charge on any atom is 0.231 e. The van der Waals surface area contributed by atoms with Crippen molar-refractivity contribution in [3.63, 3.8) is 0 Å². The lowest BCUT2D eigenvalue weighted by atomic mass is 10.1. The summed E-state index contributed by atoms with van der Waals surface area (Å²) in [6.07, 6.45) is 4.33. The van der Waals surface area contributed by atoms with E-state index in [0.29, 0.717) is 12.8 Å². The molecule has 5 heteroatoms. The highest BCUT2D eigenvalue weighted by molar-refractivity contribution is 5.64. The Morgan fingerprint density at radius 1 is 1.15 bits per heavy atom. The maximum atomic E-state index is 5.40. The normalized spacial score (nSPS) is 16.4. The molecule has 1 N–H and O–H groups in total. The van der Waals surface area contributed by atoms with Gasteiger partial charge in [0.25, 0.3) is 0 Å². The molecule has 0 bridgehead atoms. The molecule has 1 fully saturated rings. The van der Waals surface area contributed by atoms with Gasteiger partial charge in [-0.1, -0.05) is 0 Å². The van der Waals surface area contributed by atoms with Crippen LogP contribution in [0.25, 0.3) is 11.3 Å². The molecule has 102 valence electrons. The Labute approximate surface area is 117 Å². The van der Waals surface area contributed by atoms with E-state index in [9.17, 15) is 0 Å².